The van der Waals surface area contributed by atoms with Gasteiger partial charge in [-0.2, -0.15) is 0 Å². The fourth-order valence-electron chi connectivity index (χ4n) is 3.02. The number of fused-ring (bicyclic) bond motifs is 1. The molecule has 2 aromatic heterocycles. The number of nitrogens with one attached hydrogen (secondary N) is 1. The Morgan fingerprint density at radius 2 is 1.82 bits per heavy atom. The molecule has 0 atom stereocenters. The van der Waals surface area contributed by atoms with Crippen LogP contribution < -0.4 is 4.72 Å². The third-order valence-electron chi connectivity index (χ3n) is 4.56. The quantitative estimate of drug-likeness (QED) is 0.509. The first kappa shape index (κ1) is 18.5. The highest BCUT2D eigenvalue weighted by atomic mass is 35.5. The molecule has 0 aliphatic carbocycles. The Hall–Kier alpha value is -2.83. The Morgan fingerprint density at radius 1 is 1.00 bits per heavy atom. The van der Waals surface area contributed by atoms with Crippen molar-refractivity contribution < 1.29 is 8.42 Å². The van der Waals surface area contributed by atoms with Crippen LogP contribution in [0, 0.1) is 13.8 Å². The summed E-state index contributed by atoms with van der Waals surface area (Å²) < 4.78 is 30.1. The first-order valence-corrected chi connectivity index (χ1v) is 10.5. The maximum absolute atomic E-state index is 12.7. The first-order valence-electron chi connectivity index (χ1n) is 8.67. The second-order valence-corrected chi connectivity index (χ2v) is 8.76. The zero-order valence-corrected chi connectivity index (χ0v) is 16.9. The van der Waals surface area contributed by atoms with Crippen LogP contribution in [0.25, 0.3) is 16.9 Å². The van der Waals surface area contributed by atoms with Crippen molar-refractivity contribution in [2.45, 2.75) is 18.7 Å². The monoisotopic (exact) mass is 411 g/mol. The van der Waals surface area contributed by atoms with Gasteiger partial charge in [0.25, 0.3) is 10.0 Å². The molecule has 4 aromatic rings. The molecule has 0 saturated carbocycles. The van der Waals surface area contributed by atoms with Gasteiger partial charge in [-0.3, -0.25) is 4.72 Å². The van der Waals surface area contributed by atoms with E-state index in [1.807, 2.05) is 54.9 Å². The van der Waals surface area contributed by atoms with E-state index in [0.29, 0.717) is 10.7 Å². The van der Waals surface area contributed by atoms with Crippen LogP contribution in [-0.2, 0) is 10.0 Å². The summed E-state index contributed by atoms with van der Waals surface area (Å²) in [5.74, 6) is 0. The first-order chi connectivity index (χ1) is 13.3. The summed E-state index contributed by atoms with van der Waals surface area (Å²) >= 11 is 5.94. The second kappa shape index (κ2) is 6.96. The number of sulfonamides is 1. The van der Waals surface area contributed by atoms with Crippen molar-refractivity contribution in [1.82, 2.24) is 9.38 Å². The lowest BCUT2D eigenvalue weighted by atomic mass is 10.1. The van der Waals surface area contributed by atoms with Gasteiger partial charge in [0.1, 0.15) is 5.65 Å². The van der Waals surface area contributed by atoms with E-state index in [4.69, 9.17) is 11.6 Å². The molecule has 0 radical (unpaired) electrons. The largest absolute Gasteiger partial charge is 0.306 e. The number of aryl methyl sites for hydroxylation is 2. The lowest BCUT2D eigenvalue weighted by molar-refractivity contribution is 0.601. The van der Waals surface area contributed by atoms with Crippen molar-refractivity contribution >= 4 is 33.0 Å². The Labute approximate surface area is 168 Å². The van der Waals surface area contributed by atoms with E-state index in [9.17, 15) is 8.42 Å². The topological polar surface area (TPSA) is 63.5 Å². The number of pyridine rings is 1. The van der Waals surface area contributed by atoms with E-state index in [1.54, 1.807) is 18.2 Å². The fraction of sp³-hybridized carbons (Fsp3) is 0.0952. The van der Waals surface area contributed by atoms with Gasteiger partial charge < -0.3 is 4.40 Å². The van der Waals surface area contributed by atoms with E-state index in [1.165, 1.54) is 12.1 Å². The van der Waals surface area contributed by atoms with E-state index < -0.39 is 10.0 Å². The third kappa shape index (κ3) is 3.48. The molecule has 0 unspecified atom stereocenters. The number of halogens is 1. The summed E-state index contributed by atoms with van der Waals surface area (Å²) in [5, 5.41) is 0.369. The van der Waals surface area contributed by atoms with Crippen molar-refractivity contribution in [3.63, 3.8) is 0 Å². The van der Waals surface area contributed by atoms with Crippen LogP contribution in [0.1, 0.15) is 11.1 Å². The minimum Gasteiger partial charge on any atom is -0.306 e. The van der Waals surface area contributed by atoms with Crippen molar-refractivity contribution in [2.24, 2.45) is 0 Å². The second-order valence-electron chi connectivity index (χ2n) is 6.64. The van der Waals surface area contributed by atoms with Gasteiger partial charge in [-0.1, -0.05) is 35.9 Å². The maximum Gasteiger partial charge on any atom is 0.261 e. The molecule has 7 heteroatoms. The van der Waals surface area contributed by atoms with Crippen LogP contribution in [-0.4, -0.2) is 17.8 Å². The highest BCUT2D eigenvalue weighted by Gasteiger charge is 2.17. The number of aromatic nitrogens is 2. The summed E-state index contributed by atoms with van der Waals surface area (Å²) in [4.78, 5) is 4.81. The van der Waals surface area contributed by atoms with Gasteiger partial charge in [0.05, 0.1) is 16.3 Å². The molecular weight excluding hydrogens is 394 g/mol. The molecule has 0 saturated heterocycles. The van der Waals surface area contributed by atoms with Crippen molar-refractivity contribution in [2.75, 3.05) is 4.72 Å². The maximum atomic E-state index is 12.7. The summed E-state index contributed by atoms with van der Waals surface area (Å²) in [5.41, 5.74) is 4.87. The lowest BCUT2D eigenvalue weighted by Gasteiger charge is -2.12. The summed E-state index contributed by atoms with van der Waals surface area (Å²) in [6.45, 7) is 3.86. The van der Waals surface area contributed by atoms with Crippen molar-refractivity contribution in [1.29, 1.82) is 0 Å². The molecular formula is C21H18ClN3O2S. The Balaban J connectivity index is 1.74. The molecule has 0 fully saturated rings. The van der Waals surface area contributed by atoms with Crippen LogP contribution >= 0.6 is 11.6 Å². The predicted octanol–water partition coefficient (Wildman–Crippen LogP) is 5.07. The van der Waals surface area contributed by atoms with Gasteiger partial charge in [-0.05, 0) is 55.3 Å². The molecule has 2 aromatic carbocycles. The minimum absolute atomic E-state index is 0.119. The normalized spacial score (nSPS) is 11.7. The lowest BCUT2D eigenvalue weighted by Crippen LogP contribution is -2.13. The molecule has 4 rings (SSSR count). The van der Waals surface area contributed by atoms with E-state index in [2.05, 4.69) is 9.71 Å². The molecule has 0 amide bonds. The van der Waals surface area contributed by atoms with Crippen LogP contribution in [0.5, 0.6) is 0 Å². The molecule has 2 heterocycles. The molecule has 0 aliphatic rings. The van der Waals surface area contributed by atoms with Gasteiger partial charge in [-0.25, -0.2) is 13.4 Å². The van der Waals surface area contributed by atoms with Gasteiger partial charge in [0.2, 0.25) is 0 Å². The minimum atomic E-state index is -3.75. The van der Waals surface area contributed by atoms with E-state index in [-0.39, 0.29) is 4.90 Å². The predicted molar refractivity (Wildman–Crippen MR) is 112 cm³/mol. The number of hydrogen-bond acceptors (Lipinski definition) is 3. The van der Waals surface area contributed by atoms with Gasteiger partial charge in [0, 0.05) is 23.0 Å². The number of imidazole rings is 1. The van der Waals surface area contributed by atoms with Crippen LogP contribution in [0.3, 0.4) is 0 Å². The molecule has 142 valence electrons. The summed E-state index contributed by atoms with van der Waals surface area (Å²) in [6, 6.07) is 15.8. The van der Waals surface area contributed by atoms with E-state index >= 15 is 0 Å². The highest BCUT2D eigenvalue weighted by Crippen LogP contribution is 2.28. The van der Waals surface area contributed by atoms with Gasteiger partial charge in [-0.15, -0.1) is 0 Å². The average molecular weight is 412 g/mol. The SMILES string of the molecule is Cc1ccc(-c2cn3cccc(C)c3n2)cc1NS(=O)(=O)c1cccc(Cl)c1. The molecule has 0 aliphatic heterocycles. The van der Waals surface area contributed by atoms with E-state index in [0.717, 1.165) is 28.0 Å². The summed E-state index contributed by atoms with van der Waals surface area (Å²) in [7, 11) is -3.75. The number of benzene rings is 2. The summed E-state index contributed by atoms with van der Waals surface area (Å²) in [6.07, 6.45) is 3.87. The Kier molecular flexibility index (Phi) is 4.61. The number of nitrogens with zero attached hydrogens (tertiary/aromatic N) is 2. The zero-order chi connectivity index (χ0) is 19.9. The zero-order valence-electron chi connectivity index (χ0n) is 15.3. The molecule has 28 heavy (non-hydrogen) atoms. The highest BCUT2D eigenvalue weighted by molar-refractivity contribution is 7.92. The van der Waals surface area contributed by atoms with Crippen LogP contribution in [0.15, 0.2) is 71.9 Å². The Bertz CT molecular complexity index is 1300. The third-order valence-corrected chi connectivity index (χ3v) is 6.16. The van der Waals surface area contributed by atoms with Crippen LogP contribution in [0.4, 0.5) is 5.69 Å². The van der Waals surface area contributed by atoms with Crippen LogP contribution in [0.2, 0.25) is 5.02 Å². The standard InChI is InChI=1S/C21H18ClN3O2S/c1-14-8-9-16(20-13-25-10-4-5-15(2)21(25)23-20)11-19(14)24-28(26,27)18-7-3-6-17(22)12-18/h3-13,24H,1-2H3. The molecule has 5 nitrogen and oxygen atoms in total. The number of rotatable bonds is 4. The Morgan fingerprint density at radius 3 is 2.57 bits per heavy atom. The smallest absolute Gasteiger partial charge is 0.261 e. The van der Waals surface area contributed by atoms with Gasteiger partial charge >= 0.3 is 0 Å². The van der Waals surface area contributed by atoms with Gasteiger partial charge in [0.15, 0.2) is 0 Å². The van der Waals surface area contributed by atoms with Crippen molar-refractivity contribution in [3.8, 4) is 11.3 Å². The average Bonchev–Trinajstić information content (AvgIpc) is 3.09. The fourth-order valence-corrected chi connectivity index (χ4v) is 4.44. The molecule has 1 N–H and O–H groups in total. The molecule has 0 spiro atoms. The number of hydrogen-bond donors (Lipinski definition) is 1. The van der Waals surface area contributed by atoms with Crippen molar-refractivity contribution in [3.05, 3.63) is 83.1 Å². The molecule has 0 bridgehead atoms. The number of anilines is 1.